The predicted octanol–water partition coefficient (Wildman–Crippen LogP) is 3.66. The molecule has 0 saturated heterocycles. The first kappa shape index (κ1) is 18.2. The van der Waals surface area contributed by atoms with E-state index in [-0.39, 0.29) is 17.0 Å². The average molecular weight is 391 g/mol. The van der Waals surface area contributed by atoms with E-state index in [4.69, 9.17) is 16.0 Å². The Balaban J connectivity index is 1.76. The minimum Gasteiger partial charge on any atom is -0.468 e. The van der Waals surface area contributed by atoms with Gasteiger partial charge in [-0.3, -0.25) is 4.79 Å². The van der Waals surface area contributed by atoms with Crippen LogP contribution in [0.5, 0.6) is 0 Å². The van der Waals surface area contributed by atoms with Gasteiger partial charge in [0.2, 0.25) is 10.0 Å². The molecule has 1 heterocycles. The number of para-hydroxylation sites is 1. The highest BCUT2D eigenvalue weighted by atomic mass is 35.5. The van der Waals surface area contributed by atoms with E-state index in [1.807, 2.05) is 0 Å². The van der Waals surface area contributed by atoms with Gasteiger partial charge in [-0.05, 0) is 42.5 Å². The van der Waals surface area contributed by atoms with Crippen LogP contribution in [0.2, 0.25) is 5.02 Å². The molecule has 0 unspecified atom stereocenters. The summed E-state index contributed by atoms with van der Waals surface area (Å²) in [7, 11) is -3.79. The van der Waals surface area contributed by atoms with E-state index in [0.29, 0.717) is 16.5 Å². The molecule has 0 spiro atoms. The third-order valence-electron chi connectivity index (χ3n) is 3.55. The fraction of sp³-hybridized carbons (Fsp3) is 0.0556. The Morgan fingerprint density at radius 1 is 1.04 bits per heavy atom. The number of benzene rings is 2. The molecule has 134 valence electrons. The molecule has 0 radical (unpaired) electrons. The van der Waals surface area contributed by atoms with E-state index >= 15 is 0 Å². The number of amides is 1. The van der Waals surface area contributed by atoms with Crippen LogP contribution in [0.1, 0.15) is 16.1 Å². The molecule has 6 nitrogen and oxygen atoms in total. The van der Waals surface area contributed by atoms with Crippen LogP contribution in [0, 0.1) is 0 Å². The monoisotopic (exact) mass is 390 g/mol. The summed E-state index contributed by atoms with van der Waals surface area (Å²) in [6.45, 7) is 0.0192. The molecule has 8 heteroatoms. The van der Waals surface area contributed by atoms with Gasteiger partial charge in [0, 0.05) is 5.56 Å². The van der Waals surface area contributed by atoms with Crippen LogP contribution in [0.3, 0.4) is 0 Å². The molecule has 2 aromatic carbocycles. The van der Waals surface area contributed by atoms with Gasteiger partial charge in [-0.15, -0.1) is 0 Å². The molecule has 1 amide bonds. The van der Waals surface area contributed by atoms with E-state index in [9.17, 15) is 13.2 Å². The van der Waals surface area contributed by atoms with Crippen molar-refractivity contribution in [2.24, 2.45) is 0 Å². The van der Waals surface area contributed by atoms with Gasteiger partial charge in [0.1, 0.15) is 5.76 Å². The Hall–Kier alpha value is -2.61. The fourth-order valence-electron chi connectivity index (χ4n) is 2.22. The second kappa shape index (κ2) is 7.74. The Kier molecular flexibility index (Phi) is 5.41. The molecule has 0 bridgehead atoms. The predicted molar refractivity (Wildman–Crippen MR) is 98.6 cm³/mol. The fourth-order valence-corrected chi connectivity index (χ4v) is 3.45. The minimum atomic E-state index is -3.79. The first-order valence-corrected chi connectivity index (χ1v) is 9.50. The molecule has 3 rings (SSSR count). The van der Waals surface area contributed by atoms with Crippen molar-refractivity contribution in [3.63, 3.8) is 0 Å². The Morgan fingerprint density at radius 3 is 2.58 bits per heavy atom. The third-order valence-corrected chi connectivity index (χ3v) is 5.27. The van der Waals surface area contributed by atoms with E-state index in [2.05, 4.69) is 10.0 Å². The Morgan fingerprint density at radius 2 is 1.85 bits per heavy atom. The van der Waals surface area contributed by atoms with Gasteiger partial charge < -0.3 is 9.73 Å². The maximum absolute atomic E-state index is 12.4. The normalized spacial score (nSPS) is 11.3. The van der Waals surface area contributed by atoms with Crippen molar-refractivity contribution in [2.75, 3.05) is 5.32 Å². The molecule has 0 aliphatic rings. The molecule has 1 aromatic heterocycles. The molecular weight excluding hydrogens is 376 g/mol. The number of sulfonamides is 1. The summed E-state index contributed by atoms with van der Waals surface area (Å²) in [4.78, 5) is 12.4. The minimum absolute atomic E-state index is 0.0177. The van der Waals surface area contributed by atoms with Crippen LogP contribution >= 0.6 is 11.6 Å². The molecule has 0 aliphatic heterocycles. The van der Waals surface area contributed by atoms with E-state index in [1.54, 1.807) is 36.4 Å². The van der Waals surface area contributed by atoms with Crippen LogP contribution in [0.4, 0.5) is 5.69 Å². The first-order chi connectivity index (χ1) is 12.5. The van der Waals surface area contributed by atoms with Crippen LogP contribution in [0.25, 0.3) is 0 Å². The summed E-state index contributed by atoms with van der Waals surface area (Å²) >= 11 is 6.02. The average Bonchev–Trinajstić information content (AvgIpc) is 3.16. The quantitative estimate of drug-likeness (QED) is 0.672. The van der Waals surface area contributed by atoms with E-state index in [0.717, 1.165) is 0 Å². The number of carbonyl (C=O) groups is 1. The first-order valence-electron chi connectivity index (χ1n) is 7.64. The van der Waals surface area contributed by atoms with E-state index in [1.165, 1.54) is 30.5 Å². The zero-order chi connectivity index (χ0) is 18.6. The highest BCUT2D eigenvalue weighted by Crippen LogP contribution is 2.21. The lowest BCUT2D eigenvalue weighted by Crippen LogP contribution is -2.23. The number of anilines is 1. The Bertz CT molecular complexity index is 1020. The summed E-state index contributed by atoms with van der Waals surface area (Å²) in [5, 5.41) is 3.05. The van der Waals surface area contributed by atoms with Crippen molar-refractivity contribution in [2.45, 2.75) is 11.4 Å². The SMILES string of the molecule is O=C(Nc1ccccc1Cl)c1cccc(S(=O)(=O)NCc2ccco2)c1. The number of hydrogen-bond acceptors (Lipinski definition) is 4. The smallest absolute Gasteiger partial charge is 0.255 e. The largest absolute Gasteiger partial charge is 0.468 e. The third kappa shape index (κ3) is 4.32. The number of rotatable bonds is 6. The van der Waals surface area contributed by atoms with Crippen molar-refractivity contribution in [3.8, 4) is 0 Å². The highest BCUT2D eigenvalue weighted by molar-refractivity contribution is 7.89. The number of nitrogens with one attached hydrogen (secondary N) is 2. The Labute approximate surface area is 155 Å². The summed E-state index contributed by atoms with van der Waals surface area (Å²) in [6, 6.07) is 15.9. The van der Waals surface area contributed by atoms with Crippen LogP contribution in [0.15, 0.2) is 76.2 Å². The van der Waals surface area contributed by atoms with E-state index < -0.39 is 15.9 Å². The number of furan rings is 1. The molecule has 0 atom stereocenters. The number of hydrogen-bond donors (Lipinski definition) is 2. The van der Waals surface area contributed by atoms with Crippen molar-refractivity contribution in [1.29, 1.82) is 0 Å². The molecular formula is C18H15ClN2O4S. The van der Waals surface area contributed by atoms with Gasteiger partial charge in [0.05, 0.1) is 28.4 Å². The molecule has 0 fully saturated rings. The molecule has 2 N–H and O–H groups in total. The molecule has 0 aliphatic carbocycles. The lowest BCUT2D eigenvalue weighted by molar-refractivity contribution is 0.102. The second-order valence-corrected chi connectivity index (χ2v) is 7.54. The second-order valence-electron chi connectivity index (χ2n) is 5.37. The van der Waals surface area contributed by atoms with Crippen molar-refractivity contribution in [1.82, 2.24) is 4.72 Å². The van der Waals surface area contributed by atoms with Crippen molar-refractivity contribution < 1.29 is 17.6 Å². The highest BCUT2D eigenvalue weighted by Gasteiger charge is 2.17. The van der Waals surface area contributed by atoms with Gasteiger partial charge >= 0.3 is 0 Å². The zero-order valence-electron chi connectivity index (χ0n) is 13.5. The zero-order valence-corrected chi connectivity index (χ0v) is 15.0. The molecule has 3 aromatic rings. The number of carbonyl (C=O) groups excluding carboxylic acids is 1. The summed E-state index contributed by atoms with van der Waals surface area (Å²) < 4.78 is 32.3. The van der Waals surface area contributed by atoms with Gasteiger partial charge in [-0.25, -0.2) is 13.1 Å². The number of halogens is 1. The standard InChI is InChI=1S/C18H15ClN2O4S/c19-16-8-1-2-9-17(16)21-18(22)13-5-3-7-15(11-13)26(23,24)20-12-14-6-4-10-25-14/h1-11,20H,12H2,(H,21,22). The lowest BCUT2D eigenvalue weighted by Gasteiger charge is -2.09. The van der Waals surface area contributed by atoms with Gasteiger partial charge in [-0.1, -0.05) is 29.8 Å². The molecule has 26 heavy (non-hydrogen) atoms. The van der Waals surface area contributed by atoms with Gasteiger partial charge in [0.25, 0.3) is 5.91 Å². The maximum atomic E-state index is 12.4. The topological polar surface area (TPSA) is 88.4 Å². The lowest BCUT2D eigenvalue weighted by atomic mass is 10.2. The van der Waals surface area contributed by atoms with Crippen LogP contribution in [-0.4, -0.2) is 14.3 Å². The molecule has 0 saturated carbocycles. The van der Waals surface area contributed by atoms with Crippen LogP contribution in [-0.2, 0) is 16.6 Å². The summed E-state index contributed by atoms with van der Waals surface area (Å²) in [5.74, 6) is 0.0300. The maximum Gasteiger partial charge on any atom is 0.255 e. The van der Waals surface area contributed by atoms with Gasteiger partial charge in [-0.2, -0.15) is 0 Å². The van der Waals surface area contributed by atoms with Crippen LogP contribution < -0.4 is 10.0 Å². The summed E-state index contributed by atoms with van der Waals surface area (Å²) in [5.41, 5.74) is 0.647. The van der Waals surface area contributed by atoms with Crippen molar-refractivity contribution >= 4 is 33.2 Å². The summed E-state index contributed by atoms with van der Waals surface area (Å²) in [6.07, 6.45) is 1.46. The van der Waals surface area contributed by atoms with Crippen molar-refractivity contribution in [3.05, 3.63) is 83.3 Å². The van der Waals surface area contributed by atoms with Gasteiger partial charge in [0.15, 0.2) is 0 Å².